The van der Waals surface area contributed by atoms with Crippen molar-refractivity contribution in [1.29, 1.82) is 0 Å². The van der Waals surface area contributed by atoms with Crippen LogP contribution in [0.5, 0.6) is 0 Å². The monoisotopic (exact) mass is 369 g/mol. The van der Waals surface area contributed by atoms with Gasteiger partial charge in [0.05, 0.1) is 0 Å². The minimum absolute atomic E-state index is 0.105. The number of aryl methyl sites for hydroxylation is 3. The lowest BCUT2D eigenvalue weighted by Gasteiger charge is -2.33. The van der Waals surface area contributed by atoms with Gasteiger partial charge in [0.2, 0.25) is 11.8 Å². The van der Waals surface area contributed by atoms with Crippen LogP contribution in [-0.2, 0) is 11.2 Å². The van der Waals surface area contributed by atoms with E-state index in [1.807, 2.05) is 18.7 Å². The molecule has 0 bridgehead atoms. The highest BCUT2D eigenvalue weighted by atomic mass is 16.5. The Hall–Kier alpha value is -2.84. The Kier molecular flexibility index (Phi) is 4.59. The molecule has 9 heteroatoms. The maximum atomic E-state index is 13.0. The second-order valence-corrected chi connectivity index (χ2v) is 7.01. The summed E-state index contributed by atoms with van der Waals surface area (Å²) in [6.45, 7) is 6.46. The third-order valence-electron chi connectivity index (χ3n) is 5.23. The Bertz CT molecular complexity index is 977. The average Bonchev–Trinajstić information content (AvgIpc) is 3.30. The fourth-order valence-electron chi connectivity index (χ4n) is 3.83. The SMILES string of the molecule is Cc1noc(C2CCCCN2C(=O)CCc2c(C)nc3ncnn3c2C)n1. The van der Waals surface area contributed by atoms with Crippen LogP contribution in [0.15, 0.2) is 10.9 Å². The fraction of sp³-hybridized carbons (Fsp3) is 0.556. The number of amides is 1. The second-order valence-electron chi connectivity index (χ2n) is 7.01. The number of carbonyl (C=O) groups is 1. The van der Waals surface area contributed by atoms with Crippen molar-refractivity contribution < 1.29 is 9.32 Å². The van der Waals surface area contributed by atoms with Crippen LogP contribution in [0.3, 0.4) is 0 Å². The molecule has 4 rings (SSSR count). The van der Waals surface area contributed by atoms with Gasteiger partial charge in [-0.2, -0.15) is 15.1 Å². The van der Waals surface area contributed by atoms with Crippen molar-refractivity contribution in [3.63, 3.8) is 0 Å². The molecule has 1 aliphatic rings. The molecule has 3 aromatic heterocycles. The number of hydrogen-bond donors (Lipinski definition) is 0. The molecule has 3 aromatic rings. The van der Waals surface area contributed by atoms with E-state index in [1.54, 1.807) is 11.4 Å². The minimum Gasteiger partial charge on any atom is -0.337 e. The van der Waals surface area contributed by atoms with E-state index in [4.69, 9.17) is 4.52 Å². The van der Waals surface area contributed by atoms with E-state index in [9.17, 15) is 4.79 Å². The summed E-state index contributed by atoms with van der Waals surface area (Å²) < 4.78 is 7.06. The van der Waals surface area contributed by atoms with Crippen LogP contribution in [-0.4, -0.2) is 47.1 Å². The number of rotatable bonds is 4. The highest BCUT2D eigenvalue weighted by molar-refractivity contribution is 5.77. The van der Waals surface area contributed by atoms with Crippen molar-refractivity contribution in [3.05, 3.63) is 35.0 Å². The number of carbonyl (C=O) groups excluding carboxylic acids is 1. The summed E-state index contributed by atoms with van der Waals surface area (Å²) in [4.78, 5) is 27.8. The molecule has 0 aliphatic carbocycles. The smallest absolute Gasteiger partial charge is 0.252 e. The molecule has 1 aliphatic heterocycles. The summed E-state index contributed by atoms with van der Waals surface area (Å²) in [5.41, 5.74) is 2.91. The van der Waals surface area contributed by atoms with Gasteiger partial charge in [-0.25, -0.2) is 9.50 Å². The van der Waals surface area contributed by atoms with Crippen LogP contribution in [0.1, 0.15) is 60.4 Å². The molecule has 0 saturated carbocycles. The zero-order chi connectivity index (χ0) is 19.0. The lowest BCUT2D eigenvalue weighted by atomic mass is 10.00. The van der Waals surface area contributed by atoms with E-state index < -0.39 is 0 Å². The van der Waals surface area contributed by atoms with E-state index in [1.165, 1.54) is 6.33 Å². The zero-order valence-electron chi connectivity index (χ0n) is 15.8. The zero-order valence-corrected chi connectivity index (χ0v) is 15.8. The molecule has 1 saturated heterocycles. The number of piperidine rings is 1. The average molecular weight is 369 g/mol. The summed E-state index contributed by atoms with van der Waals surface area (Å²) in [5.74, 6) is 1.83. The van der Waals surface area contributed by atoms with Crippen molar-refractivity contribution in [2.75, 3.05) is 6.54 Å². The van der Waals surface area contributed by atoms with E-state index in [2.05, 4.69) is 25.2 Å². The van der Waals surface area contributed by atoms with Crippen LogP contribution >= 0.6 is 0 Å². The molecule has 0 aromatic carbocycles. The maximum Gasteiger partial charge on any atom is 0.252 e. The number of hydrogen-bond acceptors (Lipinski definition) is 7. The Morgan fingerprint density at radius 2 is 2.11 bits per heavy atom. The summed E-state index contributed by atoms with van der Waals surface area (Å²) in [7, 11) is 0. The van der Waals surface area contributed by atoms with Crippen LogP contribution in [0.4, 0.5) is 0 Å². The fourth-order valence-corrected chi connectivity index (χ4v) is 3.83. The van der Waals surface area contributed by atoms with Crippen molar-refractivity contribution in [2.24, 2.45) is 0 Å². The van der Waals surface area contributed by atoms with Gasteiger partial charge in [0.25, 0.3) is 5.78 Å². The molecule has 27 heavy (non-hydrogen) atoms. The number of likely N-dealkylation sites (tertiary alicyclic amines) is 1. The lowest BCUT2D eigenvalue weighted by Crippen LogP contribution is -2.38. The molecule has 0 spiro atoms. The van der Waals surface area contributed by atoms with E-state index >= 15 is 0 Å². The Morgan fingerprint density at radius 3 is 2.89 bits per heavy atom. The van der Waals surface area contributed by atoms with Crippen molar-refractivity contribution in [1.82, 2.24) is 34.6 Å². The number of aromatic nitrogens is 6. The molecule has 0 radical (unpaired) electrons. The highest BCUT2D eigenvalue weighted by Gasteiger charge is 2.31. The summed E-state index contributed by atoms with van der Waals surface area (Å²) in [5, 5.41) is 8.09. The maximum absolute atomic E-state index is 13.0. The predicted molar refractivity (Wildman–Crippen MR) is 95.9 cm³/mol. The third kappa shape index (κ3) is 3.29. The molecule has 1 fully saturated rings. The molecule has 4 heterocycles. The Balaban J connectivity index is 1.51. The molecule has 1 amide bonds. The Labute approximate surface area is 156 Å². The van der Waals surface area contributed by atoms with Gasteiger partial charge in [0, 0.05) is 24.4 Å². The molecular formula is C18H23N7O2. The second kappa shape index (κ2) is 7.05. The standard InChI is InChI=1S/C18H23N7O2/c1-11-14(12(2)25-18(21-11)19-10-20-25)7-8-16(26)24-9-5-4-6-15(24)17-22-13(3)23-27-17/h10,15H,4-9H2,1-3H3. The molecule has 1 atom stereocenters. The van der Waals surface area contributed by atoms with Gasteiger partial charge in [0.15, 0.2) is 5.82 Å². The largest absolute Gasteiger partial charge is 0.337 e. The summed E-state index contributed by atoms with van der Waals surface area (Å²) in [6, 6.07) is -0.120. The molecule has 1 unspecified atom stereocenters. The van der Waals surface area contributed by atoms with Crippen molar-refractivity contribution in [3.8, 4) is 0 Å². The number of nitrogens with zero attached hydrogens (tertiary/aromatic N) is 7. The summed E-state index contributed by atoms with van der Waals surface area (Å²) in [6.07, 6.45) is 5.44. The van der Waals surface area contributed by atoms with Crippen LogP contribution < -0.4 is 0 Å². The quantitative estimate of drug-likeness (QED) is 0.694. The molecule has 142 valence electrons. The van der Waals surface area contributed by atoms with Gasteiger partial charge >= 0.3 is 0 Å². The molecular weight excluding hydrogens is 346 g/mol. The summed E-state index contributed by atoms with van der Waals surface area (Å²) >= 11 is 0. The minimum atomic E-state index is -0.120. The van der Waals surface area contributed by atoms with E-state index in [0.717, 1.165) is 42.8 Å². The Morgan fingerprint density at radius 1 is 1.26 bits per heavy atom. The van der Waals surface area contributed by atoms with Gasteiger partial charge in [-0.3, -0.25) is 4.79 Å². The van der Waals surface area contributed by atoms with Crippen molar-refractivity contribution >= 4 is 11.7 Å². The van der Waals surface area contributed by atoms with Gasteiger partial charge < -0.3 is 9.42 Å². The lowest BCUT2D eigenvalue weighted by molar-refractivity contribution is -0.135. The first-order valence-corrected chi connectivity index (χ1v) is 9.30. The van der Waals surface area contributed by atoms with Crippen LogP contribution in [0.25, 0.3) is 5.78 Å². The van der Waals surface area contributed by atoms with Gasteiger partial charge in [-0.1, -0.05) is 5.16 Å². The normalized spacial score (nSPS) is 17.6. The van der Waals surface area contributed by atoms with Crippen LogP contribution in [0.2, 0.25) is 0 Å². The van der Waals surface area contributed by atoms with Gasteiger partial charge in [-0.05, 0) is 52.0 Å². The first-order valence-electron chi connectivity index (χ1n) is 9.30. The first-order chi connectivity index (χ1) is 13.0. The van der Waals surface area contributed by atoms with Crippen LogP contribution in [0, 0.1) is 20.8 Å². The van der Waals surface area contributed by atoms with Gasteiger partial charge in [-0.15, -0.1) is 0 Å². The highest BCUT2D eigenvalue weighted by Crippen LogP contribution is 2.30. The third-order valence-corrected chi connectivity index (χ3v) is 5.23. The predicted octanol–water partition coefficient (Wildman–Crippen LogP) is 2.12. The molecule has 0 N–H and O–H groups in total. The molecule has 9 nitrogen and oxygen atoms in total. The first kappa shape index (κ1) is 17.6. The van der Waals surface area contributed by atoms with E-state index in [-0.39, 0.29) is 11.9 Å². The van der Waals surface area contributed by atoms with Crippen molar-refractivity contribution in [2.45, 2.75) is 58.9 Å². The van der Waals surface area contributed by atoms with E-state index in [0.29, 0.717) is 30.3 Å². The number of fused-ring (bicyclic) bond motifs is 1. The topological polar surface area (TPSA) is 102 Å². The van der Waals surface area contributed by atoms with Gasteiger partial charge in [0.1, 0.15) is 12.4 Å².